The summed E-state index contributed by atoms with van der Waals surface area (Å²) < 4.78 is 3.55. The largest absolute Gasteiger partial charge is 0.341 e. The first-order valence-corrected chi connectivity index (χ1v) is 7.29. The number of carbonyl (C=O) groups is 1. The molecule has 2 aromatic rings. The summed E-state index contributed by atoms with van der Waals surface area (Å²) in [5.74, 6) is 0.172. The van der Waals surface area contributed by atoms with Gasteiger partial charge in [-0.25, -0.2) is 0 Å². The van der Waals surface area contributed by atoms with E-state index in [9.17, 15) is 4.79 Å². The molecule has 0 atom stereocenters. The van der Waals surface area contributed by atoms with E-state index in [1.807, 2.05) is 29.7 Å². The lowest BCUT2D eigenvalue weighted by Gasteiger charge is -2.20. The molecule has 108 valence electrons. The molecule has 3 rings (SSSR count). The molecule has 0 spiro atoms. The average molecular weight is 275 g/mol. The van der Waals surface area contributed by atoms with Gasteiger partial charge >= 0.3 is 0 Å². The molecule has 0 unspecified atom stereocenters. The van der Waals surface area contributed by atoms with E-state index >= 15 is 0 Å². The molecule has 0 N–H and O–H groups in total. The average Bonchev–Trinajstić information content (AvgIpc) is 2.80. The normalized spacial score (nSPS) is 16.6. The maximum atomic E-state index is 12.3. The summed E-state index contributed by atoms with van der Waals surface area (Å²) in [5, 5.41) is 8.80. The second kappa shape index (κ2) is 5.26. The molecule has 0 aromatic carbocycles. The highest BCUT2D eigenvalue weighted by Crippen LogP contribution is 2.15. The Balaban J connectivity index is 1.75. The molecule has 0 bridgehead atoms. The van der Waals surface area contributed by atoms with E-state index in [2.05, 4.69) is 10.2 Å². The van der Waals surface area contributed by atoms with Gasteiger partial charge in [-0.3, -0.25) is 14.2 Å². The van der Waals surface area contributed by atoms with Crippen molar-refractivity contribution >= 4 is 16.9 Å². The van der Waals surface area contributed by atoms with Crippen molar-refractivity contribution in [3.05, 3.63) is 11.9 Å². The standard InChI is InChI=1S/C14H21N5O/c1-11-14-12(17(2)15-11)9-19(16-14)10-13(20)18-7-5-3-4-6-8-18/h9H,3-8,10H2,1-2H3. The Morgan fingerprint density at radius 2 is 1.90 bits per heavy atom. The third-order valence-corrected chi connectivity index (χ3v) is 3.99. The van der Waals surface area contributed by atoms with Crippen LogP contribution in [0.1, 0.15) is 31.4 Å². The fraction of sp³-hybridized carbons (Fsp3) is 0.643. The van der Waals surface area contributed by atoms with Crippen molar-refractivity contribution in [1.29, 1.82) is 0 Å². The zero-order valence-corrected chi connectivity index (χ0v) is 12.2. The van der Waals surface area contributed by atoms with Crippen molar-refractivity contribution in [2.75, 3.05) is 13.1 Å². The van der Waals surface area contributed by atoms with Gasteiger partial charge in [0.15, 0.2) is 0 Å². The quantitative estimate of drug-likeness (QED) is 0.834. The van der Waals surface area contributed by atoms with Crippen LogP contribution >= 0.6 is 0 Å². The lowest BCUT2D eigenvalue weighted by Crippen LogP contribution is -2.34. The summed E-state index contributed by atoms with van der Waals surface area (Å²) in [4.78, 5) is 14.3. The SMILES string of the molecule is Cc1nn(C)c2cn(CC(=O)N3CCCCCC3)nc12. The summed E-state index contributed by atoms with van der Waals surface area (Å²) in [6.45, 7) is 4.05. The van der Waals surface area contributed by atoms with Gasteiger partial charge in [0.2, 0.25) is 5.91 Å². The van der Waals surface area contributed by atoms with Crippen LogP contribution in [0.25, 0.3) is 11.0 Å². The third-order valence-electron chi connectivity index (χ3n) is 3.99. The van der Waals surface area contributed by atoms with E-state index in [0.29, 0.717) is 6.54 Å². The van der Waals surface area contributed by atoms with Crippen molar-refractivity contribution < 1.29 is 4.79 Å². The zero-order valence-electron chi connectivity index (χ0n) is 12.2. The van der Waals surface area contributed by atoms with Crippen LogP contribution in [0.15, 0.2) is 6.20 Å². The lowest BCUT2D eigenvalue weighted by atomic mass is 10.2. The van der Waals surface area contributed by atoms with Gasteiger partial charge in [-0.1, -0.05) is 12.8 Å². The third kappa shape index (κ3) is 2.42. The molecule has 1 amide bonds. The Kier molecular flexibility index (Phi) is 3.46. The van der Waals surface area contributed by atoms with Gasteiger partial charge in [-0.05, 0) is 19.8 Å². The molecule has 6 nitrogen and oxygen atoms in total. The summed E-state index contributed by atoms with van der Waals surface area (Å²) >= 11 is 0. The maximum Gasteiger partial charge on any atom is 0.244 e. The van der Waals surface area contributed by atoms with Gasteiger partial charge in [0.05, 0.1) is 11.9 Å². The van der Waals surface area contributed by atoms with Crippen molar-refractivity contribution in [3.63, 3.8) is 0 Å². The van der Waals surface area contributed by atoms with Crippen LogP contribution in [-0.4, -0.2) is 43.5 Å². The van der Waals surface area contributed by atoms with Crippen molar-refractivity contribution in [2.45, 2.75) is 39.2 Å². The van der Waals surface area contributed by atoms with Crippen molar-refractivity contribution in [1.82, 2.24) is 24.5 Å². The molecule has 0 radical (unpaired) electrons. The molecule has 6 heteroatoms. The Morgan fingerprint density at radius 3 is 2.55 bits per heavy atom. The number of fused-ring (bicyclic) bond motifs is 1. The molecule has 1 fully saturated rings. The molecule has 3 heterocycles. The van der Waals surface area contributed by atoms with E-state index in [-0.39, 0.29) is 5.91 Å². The Labute approximate surface area is 118 Å². The summed E-state index contributed by atoms with van der Waals surface area (Å²) in [6, 6.07) is 0. The first kappa shape index (κ1) is 13.1. The second-order valence-electron chi connectivity index (χ2n) is 5.56. The highest BCUT2D eigenvalue weighted by atomic mass is 16.2. The maximum absolute atomic E-state index is 12.3. The topological polar surface area (TPSA) is 56.0 Å². The fourth-order valence-electron chi connectivity index (χ4n) is 2.87. The van der Waals surface area contributed by atoms with Crippen LogP contribution in [0.2, 0.25) is 0 Å². The van der Waals surface area contributed by atoms with Crippen LogP contribution in [0.3, 0.4) is 0 Å². The summed E-state index contributed by atoms with van der Waals surface area (Å²) in [6.07, 6.45) is 6.62. The number of amides is 1. The predicted molar refractivity (Wildman–Crippen MR) is 76.3 cm³/mol. The van der Waals surface area contributed by atoms with Gasteiger partial charge < -0.3 is 4.90 Å². The number of aryl methyl sites for hydroxylation is 2. The number of hydrogen-bond acceptors (Lipinski definition) is 3. The number of carbonyl (C=O) groups excluding carboxylic acids is 1. The number of nitrogens with zero attached hydrogens (tertiary/aromatic N) is 5. The van der Waals surface area contributed by atoms with Crippen molar-refractivity contribution in [3.8, 4) is 0 Å². The van der Waals surface area contributed by atoms with Gasteiger partial charge in [-0.2, -0.15) is 10.2 Å². The minimum absolute atomic E-state index is 0.172. The number of likely N-dealkylation sites (tertiary alicyclic amines) is 1. The molecule has 1 aliphatic heterocycles. The first-order chi connectivity index (χ1) is 9.65. The first-order valence-electron chi connectivity index (χ1n) is 7.29. The van der Waals surface area contributed by atoms with Crippen LogP contribution in [-0.2, 0) is 18.4 Å². The number of aromatic nitrogens is 4. The molecule has 2 aromatic heterocycles. The van der Waals surface area contributed by atoms with Crippen LogP contribution < -0.4 is 0 Å². The molecule has 0 aliphatic carbocycles. The molecule has 0 saturated carbocycles. The van der Waals surface area contributed by atoms with Gasteiger partial charge in [0.25, 0.3) is 0 Å². The number of hydrogen-bond donors (Lipinski definition) is 0. The Morgan fingerprint density at radius 1 is 1.20 bits per heavy atom. The minimum atomic E-state index is 0.172. The van der Waals surface area contributed by atoms with Crippen LogP contribution in [0.5, 0.6) is 0 Å². The Hall–Kier alpha value is -1.85. The Bertz CT molecular complexity index is 584. The molecule has 1 aliphatic rings. The smallest absolute Gasteiger partial charge is 0.244 e. The van der Waals surface area contributed by atoms with Gasteiger partial charge in [0, 0.05) is 20.1 Å². The van der Waals surface area contributed by atoms with E-state index < -0.39 is 0 Å². The summed E-state index contributed by atoms with van der Waals surface area (Å²) in [7, 11) is 1.90. The predicted octanol–water partition coefficient (Wildman–Crippen LogP) is 1.48. The van der Waals surface area contributed by atoms with E-state index in [4.69, 9.17) is 0 Å². The fourth-order valence-corrected chi connectivity index (χ4v) is 2.87. The monoisotopic (exact) mass is 275 g/mol. The highest BCUT2D eigenvalue weighted by molar-refractivity contribution is 5.79. The molecular formula is C14H21N5O. The van der Waals surface area contributed by atoms with Crippen LogP contribution in [0.4, 0.5) is 0 Å². The zero-order chi connectivity index (χ0) is 14.1. The van der Waals surface area contributed by atoms with E-state index in [0.717, 1.165) is 42.7 Å². The molecule has 20 heavy (non-hydrogen) atoms. The van der Waals surface area contributed by atoms with Gasteiger partial charge in [-0.15, -0.1) is 0 Å². The number of rotatable bonds is 2. The van der Waals surface area contributed by atoms with Crippen LogP contribution in [0, 0.1) is 6.92 Å². The minimum Gasteiger partial charge on any atom is -0.341 e. The molecule has 1 saturated heterocycles. The van der Waals surface area contributed by atoms with Crippen molar-refractivity contribution in [2.24, 2.45) is 7.05 Å². The second-order valence-corrected chi connectivity index (χ2v) is 5.56. The van der Waals surface area contributed by atoms with Gasteiger partial charge in [0.1, 0.15) is 17.6 Å². The highest BCUT2D eigenvalue weighted by Gasteiger charge is 2.17. The van der Waals surface area contributed by atoms with E-state index in [1.54, 1.807) is 4.68 Å². The lowest BCUT2D eigenvalue weighted by molar-refractivity contribution is -0.131. The van der Waals surface area contributed by atoms with E-state index in [1.165, 1.54) is 12.8 Å². The molecular weight excluding hydrogens is 254 g/mol. The summed E-state index contributed by atoms with van der Waals surface area (Å²) in [5.41, 5.74) is 2.77.